The van der Waals surface area contributed by atoms with Crippen LogP contribution in [0.25, 0.3) is 10.2 Å². The van der Waals surface area contributed by atoms with Gasteiger partial charge in [-0.1, -0.05) is 12.1 Å². The summed E-state index contributed by atoms with van der Waals surface area (Å²) in [6.07, 6.45) is 4.64. The van der Waals surface area contributed by atoms with Gasteiger partial charge < -0.3 is 4.90 Å². The molecule has 0 bridgehead atoms. The van der Waals surface area contributed by atoms with Crippen molar-refractivity contribution < 1.29 is 13.2 Å². The van der Waals surface area contributed by atoms with Crippen molar-refractivity contribution in [3.05, 3.63) is 58.6 Å². The number of carbonyl (C=O) groups excluding carboxylic acids is 1. The van der Waals surface area contributed by atoms with Crippen LogP contribution in [0.5, 0.6) is 0 Å². The minimum absolute atomic E-state index is 0.00143. The summed E-state index contributed by atoms with van der Waals surface area (Å²) in [7, 11) is -3.31. The lowest BCUT2D eigenvalue weighted by Gasteiger charge is -2.30. The van der Waals surface area contributed by atoms with Gasteiger partial charge in [0, 0.05) is 18.7 Å². The van der Waals surface area contributed by atoms with Gasteiger partial charge in [-0.25, -0.2) is 13.4 Å². The molecule has 156 valence electrons. The number of aromatic nitrogens is 1. The van der Waals surface area contributed by atoms with Crippen LogP contribution in [0.15, 0.2) is 42.5 Å². The van der Waals surface area contributed by atoms with E-state index in [0.717, 1.165) is 46.5 Å². The fourth-order valence-corrected chi connectivity index (χ4v) is 6.62. The molecule has 30 heavy (non-hydrogen) atoms. The molecule has 0 unspecified atom stereocenters. The van der Waals surface area contributed by atoms with Crippen molar-refractivity contribution in [1.82, 2.24) is 9.88 Å². The Morgan fingerprint density at radius 3 is 2.77 bits per heavy atom. The van der Waals surface area contributed by atoms with Crippen LogP contribution in [0, 0.1) is 0 Å². The third-order valence-corrected chi connectivity index (χ3v) is 8.23. The van der Waals surface area contributed by atoms with Crippen molar-refractivity contribution >= 4 is 43.2 Å². The summed E-state index contributed by atoms with van der Waals surface area (Å²) in [6.45, 7) is 1.21. The molecule has 1 fully saturated rings. The molecular formula is C22H23N3O3S2. The molecule has 2 aromatic carbocycles. The number of carbonyl (C=O) groups is 1. The molecular weight excluding hydrogens is 418 g/mol. The molecule has 0 aliphatic carbocycles. The molecule has 1 aromatic heterocycles. The number of sulfonamides is 1. The molecule has 2 aliphatic rings. The van der Waals surface area contributed by atoms with Crippen LogP contribution in [-0.4, -0.2) is 43.6 Å². The normalized spacial score (nSPS) is 19.3. The average molecular weight is 442 g/mol. The van der Waals surface area contributed by atoms with E-state index in [1.54, 1.807) is 23.5 Å². The van der Waals surface area contributed by atoms with E-state index in [0.29, 0.717) is 24.3 Å². The van der Waals surface area contributed by atoms with Gasteiger partial charge in [0.05, 0.1) is 28.2 Å². The predicted octanol–water partition coefficient (Wildman–Crippen LogP) is 3.99. The third-order valence-electron chi connectivity index (χ3n) is 5.91. The number of fused-ring (bicyclic) bond motifs is 2. The minimum atomic E-state index is -3.31. The molecule has 2 aliphatic heterocycles. The second-order valence-electron chi connectivity index (χ2n) is 7.96. The molecule has 5 rings (SSSR count). The molecule has 0 spiro atoms. The van der Waals surface area contributed by atoms with Gasteiger partial charge in [-0.15, -0.1) is 11.3 Å². The number of nitrogens with zero attached hydrogens (tertiary/aromatic N) is 3. The lowest BCUT2D eigenvalue weighted by molar-refractivity contribution is 0.0735. The number of hydrogen-bond acceptors (Lipinski definition) is 5. The topological polar surface area (TPSA) is 70.6 Å². The van der Waals surface area contributed by atoms with Gasteiger partial charge in [0.1, 0.15) is 5.01 Å². The van der Waals surface area contributed by atoms with E-state index in [9.17, 15) is 13.2 Å². The largest absolute Gasteiger partial charge is 0.329 e. The fraction of sp³-hybridized carbons (Fsp3) is 0.364. The van der Waals surface area contributed by atoms with Crippen molar-refractivity contribution in [2.24, 2.45) is 0 Å². The van der Waals surface area contributed by atoms with Gasteiger partial charge >= 0.3 is 0 Å². The summed E-state index contributed by atoms with van der Waals surface area (Å²) in [5, 5.41) is 0.989. The Morgan fingerprint density at radius 2 is 1.97 bits per heavy atom. The van der Waals surface area contributed by atoms with E-state index in [-0.39, 0.29) is 11.9 Å². The molecule has 6 nitrogen and oxygen atoms in total. The molecule has 1 amide bonds. The minimum Gasteiger partial charge on any atom is -0.329 e. The number of anilines is 1. The van der Waals surface area contributed by atoms with Crippen LogP contribution in [-0.2, 0) is 16.4 Å². The van der Waals surface area contributed by atoms with Crippen LogP contribution in [0.2, 0.25) is 0 Å². The van der Waals surface area contributed by atoms with Crippen molar-refractivity contribution in [3.8, 4) is 0 Å². The lowest BCUT2D eigenvalue weighted by Crippen LogP contribution is -2.35. The first-order valence-corrected chi connectivity index (χ1v) is 12.9. The van der Waals surface area contributed by atoms with Crippen LogP contribution in [0.3, 0.4) is 0 Å². The Morgan fingerprint density at radius 1 is 1.13 bits per heavy atom. The highest BCUT2D eigenvalue weighted by atomic mass is 32.2. The Hall–Kier alpha value is -2.45. The highest BCUT2D eigenvalue weighted by molar-refractivity contribution is 7.92. The molecule has 3 heterocycles. The number of amides is 1. The van der Waals surface area contributed by atoms with Crippen LogP contribution in [0.4, 0.5) is 5.69 Å². The monoisotopic (exact) mass is 441 g/mol. The zero-order valence-corrected chi connectivity index (χ0v) is 18.4. The van der Waals surface area contributed by atoms with Gasteiger partial charge in [0.15, 0.2) is 0 Å². The highest BCUT2D eigenvalue weighted by Crippen LogP contribution is 2.38. The second-order valence-corrected chi connectivity index (χ2v) is 10.9. The SMILES string of the molecule is CS(=O)(=O)N1CCCc2cc(C(=O)N3CCC[C@@H]3c3nc4ccccc4s3)ccc21. The van der Waals surface area contributed by atoms with Crippen molar-refractivity contribution in [2.75, 3.05) is 23.7 Å². The van der Waals surface area contributed by atoms with E-state index in [4.69, 9.17) is 4.98 Å². The van der Waals surface area contributed by atoms with E-state index >= 15 is 0 Å². The van der Waals surface area contributed by atoms with Crippen LogP contribution in [0.1, 0.15) is 46.2 Å². The number of para-hydroxylation sites is 1. The van der Waals surface area contributed by atoms with Crippen molar-refractivity contribution in [2.45, 2.75) is 31.7 Å². The third kappa shape index (κ3) is 3.37. The van der Waals surface area contributed by atoms with E-state index < -0.39 is 10.0 Å². The van der Waals surface area contributed by atoms with Gasteiger partial charge in [-0.2, -0.15) is 0 Å². The Bertz CT molecular complexity index is 1200. The smallest absolute Gasteiger partial charge is 0.254 e. The first-order chi connectivity index (χ1) is 14.4. The quantitative estimate of drug-likeness (QED) is 0.616. The molecule has 0 N–H and O–H groups in total. The fourth-order valence-electron chi connectivity index (χ4n) is 4.51. The van der Waals surface area contributed by atoms with Crippen LogP contribution < -0.4 is 4.31 Å². The Kier molecular flexibility index (Phi) is 4.78. The zero-order chi connectivity index (χ0) is 20.9. The molecule has 1 atom stereocenters. The van der Waals surface area contributed by atoms with Crippen molar-refractivity contribution in [1.29, 1.82) is 0 Å². The van der Waals surface area contributed by atoms with Gasteiger partial charge in [0.2, 0.25) is 10.0 Å². The number of hydrogen-bond donors (Lipinski definition) is 0. The Balaban J connectivity index is 1.45. The van der Waals surface area contributed by atoms with E-state index in [1.807, 2.05) is 29.2 Å². The summed E-state index contributed by atoms with van der Waals surface area (Å²) in [5.41, 5.74) is 3.22. The van der Waals surface area contributed by atoms with E-state index in [2.05, 4.69) is 6.07 Å². The summed E-state index contributed by atoms with van der Waals surface area (Å²) in [5.74, 6) is -0.00367. The number of likely N-dealkylation sites (tertiary alicyclic amines) is 1. The molecule has 8 heteroatoms. The number of aryl methyl sites for hydroxylation is 1. The maximum atomic E-state index is 13.4. The summed E-state index contributed by atoms with van der Waals surface area (Å²) < 4.78 is 26.8. The number of rotatable bonds is 3. The second kappa shape index (κ2) is 7.35. The van der Waals surface area contributed by atoms with Crippen molar-refractivity contribution in [3.63, 3.8) is 0 Å². The van der Waals surface area contributed by atoms with Gasteiger partial charge in [-0.3, -0.25) is 9.10 Å². The first-order valence-electron chi connectivity index (χ1n) is 10.2. The maximum absolute atomic E-state index is 13.4. The van der Waals surface area contributed by atoms with E-state index in [1.165, 1.54) is 10.6 Å². The summed E-state index contributed by atoms with van der Waals surface area (Å²) in [6, 6.07) is 13.5. The molecule has 0 saturated carbocycles. The highest BCUT2D eigenvalue weighted by Gasteiger charge is 2.33. The molecule has 0 radical (unpaired) electrons. The maximum Gasteiger partial charge on any atom is 0.254 e. The lowest BCUT2D eigenvalue weighted by atomic mass is 10.00. The molecule has 1 saturated heterocycles. The number of benzene rings is 2. The summed E-state index contributed by atoms with van der Waals surface area (Å²) in [4.78, 5) is 20.1. The van der Waals surface area contributed by atoms with Gasteiger partial charge in [0.25, 0.3) is 5.91 Å². The number of thiazole rings is 1. The van der Waals surface area contributed by atoms with Gasteiger partial charge in [-0.05, 0) is 61.6 Å². The zero-order valence-electron chi connectivity index (χ0n) is 16.7. The Labute approximate surface area is 180 Å². The summed E-state index contributed by atoms with van der Waals surface area (Å²) >= 11 is 1.66. The first kappa shape index (κ1) is 19.5. The average Bonchev–Trinajstić information content (AvgIpc) is 3.38. The standard InChI is InChI=1S/C22H23N3O3S2/c1-30(27,28)25-13-4-6-15-14-16(10-11-18(15)25)22(26)24-12-5-8-19(24)21-23-17-7-2-3-9-20(17)29-21/h2-3,7,9-11,14,19H,4-6,8,12-13H2,1H3/t19-/m1/s1. The molecule has 3 aromatic rings. The van der Waals surface area contributed by atoms with Crippen LogP contribution >= 0.6 is 11.3 Å². The predicted molar refractivity (Wildman–Crippen MR) is 120 cm³/mol.